The monoisotopic (exact) mass is 264 g/mol. The average molecular weight is 265 g/mol. The lowest BCUT2D eigenvalue weighted by Gasteiger charge is -2.05. The standard InChI is InChI=1S/C10H14Cl2N2O2/c1-6(15)3-2-4-13-10(16)8-5-7(11)9(12)14-8/h5-6,14-15H,2-4H2,1H3,(H,13,16). The molecule has 0 saturated carbocycles. The predicted octanol–water partition coefficient (Wildman–Crippen LogP) is 2.21. The minimum atomic E-state index is -0.341. The van der Waals surface area contributed by atoms with Gasteiger partial charge in [0.2, 0.25) is 0 Å². The van der Waals surface area contributed by atoms with E-state index in [0.29, 0.717) is 23.7 Å². The Balaban J connectivity index is 2.35. The highest BCUT2D eigenvalue weighted by Gasteiger charge is 2.10. The summed E-state index contributed by atoms with van der Waals surface area (Å²) in [6.45, 7) is 2.23. The van der Waals surface area contributed by atoms with Crippen molar-refractivity contribution in [1.29, 1.82) is 0 Å². The highest BCUT2D eigenvalue weighted by Crippen LogP contribution is 2.21. The fraction of sp³-hybridized carbons (Fsp3) is 0.500. The molecule has 16 heavy (non-hydrogen) atoms. The Bertz CT molecular complexity index is 344. The summed E-state index contributed by atoms with van der Waals surface area (Å²) in [6, 6.07) is 1.48. The predicted molar refractivity (Wildman–Crippen MR) is 64.1 cm³/mol. The zero-order chi connectivity index (χ0) is 12.1. The zero-order valence-corrected chi connectivity index (χ0v) is 10.4. The van der Waals surface area contributed by atoms with Crippen LogP contribution in [0.2, 0.25) is 10.2 Å². The van der Waals surface area contributed by atoms with Crippen LogP contribution in [0.5, 0.6) is 0 Å². The molecular weight excluding hydrogens is 251 g/mol. The number of hydrogen-bond acceptors (Lipinski definition) is 2. The number of hydrogen-bond donors (Lipinski definition) is 3. The van der Waals surface area contributed by atoms with Gasteiger partial charge in [-0.05, 0) is 25.8 Å². The fourth-order valence-corrected chi connectivity index (χ4v) is 1.53. The number of nitrogens with one attached hydrogen (secondary N) is 2. The van der Waals surface area contributed by atoms with Crippen molar-refractivity contribution < 1.29 is 9.90 Å². The molecule has 4 nitrogen and oxygen atoms in total. The van der Waals surface area contributed by atoms with E-state index in [1.165, 1.54) is 6.07 Å². The summed E-state index contributed by atoms with van der Waals surface area (Å²) >= 11 is 11.4. The molecule has 1 amide bonds. The molecule has 90 valence electrons. The van der Waals surface area contributed by atoms with E-state index in [1.807, 2.05) is 0 Å². The van der Waals surface area contributed by atoms with Gasteiger partial charge < -0.3 is 15.4 Å². The summed E-state index contributed by atoms with van der Waals surface area (Å²) in [5.74, 6) is -0.251. The molecule has 0 saturated heterocycles. The first-order valence-corrected chi connectivity index (χ1v) is 5.76. The molecule has 1 unspecified atom stereocenters. The van der Waals surface area contributed by atoms with E-state index in [-0.39, 0.29) is 17.2 Å². The van der Waals surface area contributed by atoms with Crippen LogP contribution in [0.15, 0.2) is 6.07 Å². The molecule has 0 aliphatic heterocycles. The van der Waals surface area contributed by atoms with Crippen LogP contribution < -0.4 is 5.32 Å². The lowest BCUT2D eigenvalue weighted by molar-refractivity contribution is 0.0945. The first kappa shape index (κ1) is 13.4. The Morgan fingerprint density at radius 3 is 2.81 bits per heavy atom. The first-order valence-electron chi connectivity index (χ1n) is 5.01. The van der Waals surface area contributed by atoms with Gasteiger partial charge in [0.15, 0.2) is 0 Å². The van der Waals surface area contributed by atoms with Crippen LogP contribution in [0.25, 0.3) is 0 Å². The van der Waals surface area contributed by atoms with Crippen LogP contribution in [0, 0.1) is 0 Å². The number of carbonyl (C=O) groups excluding carboxylic acids is 1. The Labute approximate surface area is 104 Å². The summed E-state index contributed by atoms with van der Waals surface area (Å²) in [4.78, 5) is 14.2. The van der Waals surface area contributed by atoms with Crippen molar-refractivity contribution >= 4 is 29.1 Å². The number of aromatic amines is 1. The van der Waals surface area contributed by atoms with Gasteiger partial charge in [-0.15, -0.1) is 0 Å². The highest BCUT2D eigenvalue weighted by atomic mass is 35.5. The molecular formula is C10H14Cl2N2O2. The average Bonchev–Trinajstić information content (AvgIpc) is 2.54. The normalized spacial score (nSPS) is 12.5. The quantitative estimate of drug-likeness (QED) is 0.714. The van der Waals surface area contributed by atoms with Gasteiger partial charge in [-0.3, -0.25) is 4.79 Å². The molecule has 0 bridgehead atoms. The van der Waals surface area contributed by atoms with E-state index in [0.717, 1.165) is 6.42 Å². The molecule has 1 aromatic heterocycles. The van der Waals surface area contributed by atoms with Crippen LogP contribution >= 0.6 is 23.2 Å². The summed E-state index contributed by atoms with van der Waals surface area (Å²) in [5.41, 5.74) is 0.340. The molecule has 6 heteroatoms. The largest absolute Gasteiger partial charge is 0.393 e. The molecule has 0 aliphatic rings. The van der Waals surface area contributed by atoms with Gasteiger partial charge in [0, 0.05) is 6.54 Å². The number of rotatable bonds is 5. The molecule has 0 fully saturated rings. The van der Waals surface area contributed by atoms with E-state index in [1.54, 1.807) is 6.92 Å². The summed E-state index contributed by atoms with van der Waals surface area (Å²) in [7, 11) is 0. The fourth-order valence-electron chi connectivity index (χ4n) is 1.22. The van der Waals surface area contributed by atoms with Crippen molar-refractivity contribution in [3.05, 3.63) is 21.9 Å². The second-order valence-corrected chi connectivity index (χ2v) is 4.38. The summed E-state index contributed by atoms with van der Waals surface area (Å²) in [6.07, 6.45) is 1.05. The number of H-pyrrole nitrogens is 1. The van der Waals surface area contributed by atoms with Gasteiger partial charge in [0.1, 0.15) is 10.8 Å². The Morgan fingerprint density at radius 2 is 2.31 bits per heavy atom. The second-order valence-electron chi connectivity index (χ2n) is 3.59. The number of halogens is 2. The van der Waals surface area contributed by atoms with Crippen LogP contribution in [-0.4, -0.2) is 28.6 Å². The molecule has 1 rings (SSSR count). The maximum absolute atomic E-state index is 11.5. The van der Waals surface area contributed by atoms with E-state index < -0.39 is 0 Å². The Morgan fingerprint density at radius 1 is 1.62 bits per heavy atom. The van der Waals surface area contributed by atoms with E-state index >= 15 is 0 Å². The summed E-state index contributed by atoms with van der Waals surface area (Å²) < 4.78 is 0. The van der Waals surface area contributed by atoms with E-state index in [2.05, 4.69) is 10.3 Å². The van der Waals surface area contributed by atoms with Gasteiger partial charge in [-0.1, -0.05) is 23.2 Å². The minimum absolute atomic E-state index is 0.251. The SMILES string of the molecule is CC(O)CCCNC(=O)c1cc(Cl)c(Cl)[nH]1. The van der Waals surface area contributed by atoms with Crippen LogP contribution in [0.4, 0.5) is 0 Å². The van der Waals surface area contributed by atoms with Gasteiger partial charge in [-0.2, -0.15) is 0 Å². The second kappa shape index (κ2) is 6.13. The zero-order valence-electron chi connectivity index (χ0n) is 8.89. The third-order valence-corrected chi connectivity index (χ3v) is 2.75. The maximum atomic E-state index is 11.5. The van der Waals surface area contributed by atoms with Gasteiger partial charge >= 0.3 is 0 Å². The van der Waals surface area contributed by atoms with Crippen molar-refractivity contribution in [2.75, 3.05) is 6.54 Å². The maximum Gasteiger partial charge on any atom is 0.267 e. The number of aromatic nitrogens is 1. The van der Waals surface area contributed by atoms with E-state index in [9.17, 15) is 4.79 Å². The van der Waals surface area contributed by atoms with E-state index in [4.69, 9.17) is 28.3 Å². The molecule has 0 aliphatic carbocycles. The van der Waals surface area contributed by atoms with Crippen molar-refractivity contribution in [3.63, 3.8) is 0 Å². The highest BCUT2D eigenvalue weighted by molar-refractivity contribution is 6.41. The van der Waals surface area contributed by atoms with Crippen LogP contribution in [-0.2, 0) is 0 Å². The lowest BCUT2D eigenvalue weighted by atomic mass is 10.2. The third kappa shape index (κ3) is 4.04. The van der Waals surface area contributed by atoms with Crippen molar-refractivity contribution in [2.45, 2.75) is 25.9 Å². The molecule has 1 aromatic rings. The smallest absolute Gasteiger partial charge is 0.267 e. The van der Waals surface area contributed by atoms with Gasteiger partial charge in [0.05, 0.1) is 11.1 Å². The molecule has 3 N–H and O–H groups in total. The molecule has 1 heterocycles. The number of amides is 1. The Kier molecular flexibility index (Phi) is 5.12. The topological polar surface area (TPSA) is 65.1 Å². The number of aliphatic hydroxyl groups is 1. The first-order chi connectivity index (χ1) is 7.50. The van der Waals surface area contributed by atoms with Gasteiger partial charge in [-0.25, -0.2) is 0 Å². The molecule has 0 aromatic carbocycles. The molecule has 0 radical (unpaired) electrons. The van der Waals surface area contributed by atoms with Crippen LogP contribution in [0.1, 0.15) is 30.3 Å². The lowest BCUT2D eigenvalue weighted by Crippen LogP contribution is -2.25. The Hall–Kier alpha value is -0.710. The van der Waals surface area contributed by atoms with Crippen molar-refractivity contribution in [3.8, 4) is 0 Å². The molecule has 0 spiro atoms. The summed E-state index contributed by atoms with van der Waals surface area (Å²) in [5, 5.41) is 12.3. The van der Waals surface area contributed by atoms with Crippen molar-refractivity contribution in [2.24, 2.45) is 0 Å². The number of carbonyl (C=O) groups is 1. The van der Waals surface area contributed by atoms with Crippen molar-refractivity contribution in [1.82, 2.24) is 10.3 Å². The third-order valence-electron chi connectivity index (χ3n) is 2.05. The number of aliphatic hydroxyl groups excluding tert-OH is 1. The minimum Gasteiger partial charge on any atom is -0.393 e. The van der Waals surface area contributed by atoms with Crippen LogP contribution in [0.3, 0.4) is 0 Å². The molecule has 1 atom stereocenters. The van der Waals surface area contributed by atoms with Gasteiger partial charge in [0.25, 0.3) is 5.91 Å².